The Bertz CT molecular complexity index is 1180. The zero-order chi connectivity index (χ0) is 20.5. The minimum atomic E-state index is -1.50. The summed E-state index contributed by atoms with van der Waals surface area (Å²) in [4.78, 5) is 26.5. The molecule has 0 fully saturated rings. The van der Waals surface area contributed by atoms with E-state index >= 15 is 0 Å². The molecular formula is C21H20N2O4Si. The van der Waals surface area contributed by atoms with Crippen molar-refractivity contribution in [2.24, 2.45) is 0 Å². The number of nitro groups is 1. The number of aromatic amines is 1. The first-order valence-corrected chi connectivity index (χ1v) is 12.2. The Morgan fingerprint density at radius 3 is 2.32 bits per heavy atom. The molecule has 3 aromatic rings. The fourth-order valence-corrected chi connectivity index (χ4v) is 3.32. The lowest BCUT2D eigenvalue weighted by atomic mass is 10.0. The highest BCUT2D eigenvalue weighted by Gasteiger charge is 2.22. The van der Waals surface area contributed by atoms with Crippen LogP contribution in [-0.2, 0) is 0 Å². The maximum atomic E-state index is 12.5. The number of ether oxygens (including phenoxy) is 1. The Morgan fingerprint density at radius 1 is 1.07 bits per heavy atom. The fourth-order valence-electron chi connectivity index (χ4n) is 2.80. The zero-order valence-electron chi connectivity index (χ0n) is 16.1. The molecule has 1 heterocycles. The summed E-state index contributed by atoms with van der Waals surface area (Å²) < 4.78 is 5.12. The Kier molecular flexibility index (Phi) is 5.08. The van der Waals surface area contributed by atoms with Crippen LogP contribution >= 0.6 is 0 Å². The Labute approximate surface area is 163 Å². The number of rotatable bonds is 3. The van der Waals surface area contributed by atoms with Gasteiger partial charge in [0.2, 0.25) is 0 Å². The summed E-state index contributed by atoms with van der Waals surface area (Å²) in [5.41, 5.74) is 4.30. The second-order valence-electron chi connectivity index (χ2n) is 7.42. The third-order valence-corrected chi connectivity index (χ3v) is 5.01. The third kappa shape index (κ3) is 3.97. The highest BCUT2D eigenvalue weighted by molar-refractivity contribution is 6.83. The van der Waals surface area contributed by atoms with E-state index in [1.165, 1.54) is 13.2 Å². The molecule has 1 N–H and O–H groups in total. The number of hydrogen-bond donors (Lipinski definition) is 1. The van der Waals surface area contributed by atoms with Crippen LogP contribution in [0.1, 0.15) is 5.56 Å². The predicted molar refractivity (Wildman–Crippen MR) is 113 cm³/mol. The van der Waals surface area contributed by atoms with Gasteiger partial charge in [-0.1, -0.05) is 37.7 Å². The first-order valence-electron chi connectivity index (χ1n) is 8.71. The standard InChI is InChI=1S/C21H20N2O4Si/c1-27-16-9-10-17-18(13-16)21(24)22-19(20(17)23(25)26)15-7-5-14(6-8-15)11-12-28(2,3)4/h5-10,13H,1-4H3,(H,22,24). The van der Waals surface area contributed by atoms with E-state index in [2.05, 4.69) is 36.1 Å². The molecule has 0 radical (unpaired) electrons. The Hall–Kier alpha value is -3.37. The van der Waals surface area contributed by atoms with Gasteiger partial charge < -0.3 is 9.72 Å². The van der Waals surface area contributed by atoms with Crippen LogP contribution in [0.5, 0.6) is 5.75 Å². The minimum absolute atomic E-state index is 0.141. The van der Waals surface area contributed by atoms with Crippen LogP contribution in [0.3, 0.4) is 0 Å². The van der Waals surface area contributed by atoms with Gasteiger partial charge in [-0.3, -0.25) is 14.9 Å². The van der Waals surface area contributed by atoms with Gasteiger partial charge in [0.05, 0.1) is 22.8 Å². The van der Waals surface area contributed by atoms with E-state index in [9.17, 15) is 14.9 Å². The SMILES string of the molecule is COc1ccc2c([N+](=O)[O-])c(-c3ccc(C#C[Si](C)(C)C)cc3)[nH]c(=O)c2c1. The number of pyridine rings is 1. The zero-order valence-corrected chi connectivity index (χ0v) is 17.1. The minimum Gasteiger partial charge on any atom is -0.497 e. The van der Waals surface area contributed by atoms with Crippen molar-refractivity contribution in [1.82, 2.24) is 4.98 Å². The molecule has 0 spiro atoms. The van der Waals surface area contributed by atoms with E-state index in [1.807, 2.05) is 12.1 Å². The van der Waals surface area contributed by atoms with Gasteiger partial charge in [0.25, 0.3) is 5.56 Å². The van der Waals surface area contributed by atoms with Gasteiger partial charge in [-0.05, 0) is 30.3 Å². The number of nitrogens with zero attached hydrogens (tertiary/aromatic N) is 1. The summed E-state index contributed by atoms with van der Waals surface area (Å²) >= 11 is 0. The van der Waals surface area contributed by atoms with E-state index in [0.29, 0.717) is 11.3 Å². The van der Waals surface area contributed by atoms with Gasteiger partial charge in [-0.2, -0.15) is 0 Å². The first-order chi connectivity index (χ1) is 13.2. The van der Waals surface area contributed by atoms with Gasteiger partial charge in [-0.25, -0.2) is 0 Å². The lowest BCUT2D eigenvalue weighted by Gasteiger charge is -2.08. The third-order valence-electron chi connectivity index (χ3n) is 4.14. The van der Waals surface area contributed by atoms with Crippen molar-refractivity contribution >= 4 is 24.5 Å². The molecule has 0 aliphatic heterocycles. The van der Waals surface area contributed by atoms with Crippen molar-refractivity contribution in [3.63, 3.8) is 0 Å². The quantitative estimate of drug-likeness (QED) is 0.311. The molecule has 1 aromatic heterocycles. The monoisotopic (exact) mass is 392 g/mol. The Morgan fingerprint density at radius 2 is 1.75 bits per heavy atom. The van der Waals surface area contributed by atoms with Gasteiger partial charge in [0.15, 0.2) is 0 Å². The molecule has 6 nitrogen and oxygen atoms in total. The highest BCUT2D eigenvalue weighted by Crippen LogP contribution is 2.34. The summed E-state index contributed by atoms with van der Waals surface area (Å²) in [6.07, 6.45) is 0. The first kappa shape index (κ1) is 19.4. The topological polar surface area (TPSA) is 85.2 Å². The maximum Gasteiger partial charge on any atom is 0.301 e. The van der Waals surface area contributed by atoms with Crippen LogP contribution in [0.2, 0.25) is 19.6 Å². The molecule has 0 unspecified atom stereocenters. The van der Waals surface area contributed by atoms with Crippen molar-refractivity contribution in [3.8, 4) is 28.5 Å². The number of nitrogens with one attached hydrogen (secondary N) is 1. The van der Waals surface area contributed by atoms with Crippen LogP contribution in [0.4, 0.5) is 5.69 Å². The van der Waals surface area contributed by atoms with E-state index in [1.54, 1.807) is 24.3 Å². The van der Waals surface area contributed by atoms with Crippen LogP contribution in [0.25, 0.3) is 22.0 Å². The molecule has 0 saturated heterocycles. The van der Waals surface area contributed by atoms with Crippen LogP contribution in [0.15, 0.2) is 47.3 Å². The van der Waals surface area contributed by atoms with Gasteiger partial charge in [0, 0.05) is 11.1 Å². The summed E-state index contributed by atoms with van der Waals surface area (Å²) in [5, 5.41) is 12.3. The van der Waals surface area contributed by atoms with E-state index < -0.39 is 18.6 Å². The highest BCUT2D eigenvalue weighted by atomic mass is 28.3. The van der Waals surface area contributed by atoms with Crippen LogP contribution in [-0.4, -0.2) is 25.1 Å². The number of benzene rings is 2. The molecule has 0 saturated carbocycles. The van der Waals surface area contributed by atoms with E-state index in [4.69, 9.17) is 4.74 Å². The number of methoxy groups -OCH3 is 1. The lowest BCUT2D eigenvalue weighted by Crippen LogP contribution is -2.16. The number of fused-ring (bicyclic) bond motifs is 1. The molecule has 142 valence electrons. The summed E-state index contributed by atoms with van der Waals surface area (Å²) in [5.74, 6) is 3.61. The van der Waals surface area contributed by atoms with Crippen molar-refractivity contribution in [1.29, 1.82) is 0 Å². The number of aromatic nitrogens is 1. The van der Waals surface area contributed by atoms with Crippen molar-refractivity contribution in [3.05, 3.63) is 68.5 Å². The summed E-state index contributed by atoms with van der Waals surface area (Å²) in [6.45, 7) is 6.48. The van der Waals surface area contributed by atoms with Crippen molar-refractivity contribution in [2.45, 2.75) is 19.6 Å². The second-order valence-corrected chi connectivity index (χ2v) is 12.2. The van der Waals surface area contributed by atoms with Crippen LogP contribution < -0.4 is 10.3 Å². The molecule has 0 atom stereocenters. The van der Waals surface area contributed by atoms with E-state index in [0.717, 1.165) is 5.56 Å². The largest absolute Gasteiger partial charge is 0.497 e. The molecule has 0 amide bonds. The smallest absolute Gasteiger partial charge is 0.301 e. The Balaban J connectivity index is 2.17. The van der Waals surface area contributed by atoms with E-state index in [-0.39, 0.29) is 22.2 Å². The molecule has 7 heteroatoms. The molecule has 0 bridgehead atoms. The molecule has 3 rings (SSSR count). The van der Waals surface area contributed by atoms with Crippen LogP contribution in [0, 0.1) is 21.6 Å². The number of H-pyrrole nitrogens is 1. The molecular weight excluding hydrogens is 372 g/mol. The predicted octanol–water partition coefficient (Wildman–Crippen LogP) is 4.34. The lowest BCUT2D eigenvalue weighted by molar-refractivity contribution is -0.382. The van der Waals surface area contributed by atoms with Crippen molar-refractivity contribution < 1.29 is 9.66 Å². The summed E-state index contributed by atoms with van der Waals surface area (Å²) in [6, 6.07) is 11.7. The molecule has 0 aliphatic carbocycles. The average Bonchev–Trinajstić information content (AvgIpc) is 2.65. The van der Waals surface area contributed by atoms with Crippen molar-refractivity contribution in [2.75, 3.05) is 7.11 Å². The molecule has 0 aliphatic rings. The normalized spacial score (nSPS) is 11.0. The second kappa shape index (κ2) is 7.33. The summed E-state index contributed by atoms with van der Waals surface area (Å²) in [7, 11) is -0.0185. The average molecular weight is 392 g/mol. The van der Waals surface area contributed by atoms with Gasteiger partial charge in [-0.15, -0.1) is 5.54 Å². The molecule has 2 aromatic carbocycles. The van der Waals surface area contributed by atoms with Gasteiger partial charge in [0.1, 0.15) is 19.5 Å². The molecule has 28 heavy (non-hydrogen) atoms. The number of hydrogen-bond acceptors (Lipinski definition) is 4. The fraction of sp³-hybridized carbons (Fsp3) is 0.190. The van der Waals surface area contributed by atoms with Gasteiger partial charge >= 0.3 is 5.69 Å². The maximum absolute atomic E-state index is 12.5.